The van der Waals surface area contributed by atoms with Gasteiger partial charge in [0.2, 0.25) is 0 Å². The molecule has 13 heavy (non-hydrogen) atoms. The Morgan fingerprint density at radius 1 is 1.62 bits per heavy atom. The van der Waals surface area contributed by atoms with Crippen molar-refractivity contribution in [3.8, 4) is 0 Å². The Morgan fingerprint density at radius 2 is 2.31 bits per heavy atom. The van der Waals surface area contributed by atoms with Gasteiger partial charge in [-0.05, 0) is 25.0 Å². The predicted molar refractivity (Wildman–Crippen MR) is 52.5 cm³/mol. The van der Waals surface area contributed by atoms with Crippen LogP contribution in [-0.2, 0) is 6.42 Å². The van der Waals surface area contributed by atoms with Crippen molar-refractivity contribution in [3.63, 3.8) is 0 Å². The van der Waals surface area contributed by atoms with Crippen molar-refractivity contribution in [1.29, 1.82) is 0 Å². The number of hydrogen-bond donors (Lipinski definition) is 1. The maximum absolute atomic E-state index is 10.1. The Morgan fingerprint density at radius 3 is 2.77 bits per heavy atom. The third-order valence-electron chi connectivity index (χ3n) is 2.79. The van der Waals surface area contributed by atoms with Gasteiger partial charge in [0.1, 0.15) is 5.76 Å². The highest BCUT2D eigenvalue weighted by atomic mass is 16.3. The van der Waals surface area contributed by atoms with Crippen LogP contribution >= 0.6 is 0 Å². The third kappa shape index (κ3) is 2.59. The summed E-state index contributed by atoms with van der Waals surface area (Å²) in [5, 5.41) is 10.1. The first kappa shape index (κ1) is 10.3. The Kier molecular flexibility index (Phi) is 3.15. The second-order valence-electron chi connectivity index (χ2n) is 3.92. The monoisotopic (exact) mass is 182 g/mol. The fourth-order valence-electron chi connectivity index (χ4n) is 1.38. The second-order valence-corrected chi connectivity index (χ2v) is 3.92. The summed E-state index contributed by atoms with van der Waals surface area (Å²) in [6, 6.07) is 3.75. The van der Waals surface area contributed by atoms with E-state index in [-0.39, 0.29) is 5.92 Å². The molecule has 1 rings (SSSR count). The number of hydrogen-bond acceptors (Lipinski definition) is 2. The fraction of sp³-hybridized carbons (Fsp3) is 0.636. The molecule has 1 heterocycles. The molecule has 0 aliphatic carbocycles. The van der Waals surface area contributed by atoms with Crippen LogP contribution in [0.1, 0.15) is 33.0 Å². The summed E-state index contributed by atoms with van der Waals surface area (Å²) in [4.78, 5) is 0. The summed E-state index contributed by atoms with van der Waals surface area (Å²) in [5.74, 6) is 1.14. The van der Waals surface area contributed by atoms with Crippen LogP contribution in [-0.4, -0.2) is 10.7 Å². The molecule has 0 aromatic carbocycles. The summed E-state index contributed by atoms with van der Waals surface area (Å²) in [5.41, 5.74) is -0.660. The molecule has 0 aliphatic rings. The summed E-state index contributed by atoms with van der Waals surface area (Å²) in [6.07, 6.45) is 3.21. The third-order valence-corrected chi connectivity index (χ3v) is 2.79. The lowest BCUT2D eigenvalue weighted by Gasteiger charge is -2.28. The van der Waals surface area contributed by atoms with Gasteiger partial charge in [0.25, 0.3) is 0 Å². The average molecular weight is 182 g/mol. The molecule has 2 heteroatoms. The molecular weight excluding hydrogens is 164 g/mol. The van der Waals surface area contributed by atoms with Crippen molar-refractivity contribution in [1.82, 2.24) is 0 Å². The lowest BCUT2D eigenvalue weighted by atomic mass is 9.85. The van der Waals surface area contributed by atoms with E-state index in [1.807, 2.05) is 19.1 Å². The molecule has 0 amide bonds. The van der Waals surface area contributed by atoms with Gasteiger partial charge in [-0.15, -0.1) is 0 Å². The highest BCUT2D eigenvalue weighted by molar-refractivity contribution is 5.02. The lowest BCUT2D eigenvalue weighted by molar-refractivity contribution is 0.000970. The van der Waals surface area contributed by atoms with E-state index in [1.165, 1.54) is 0 Å². The number of aliphatic hydroxyl groups is 1. The zero-order valence-corrected chi connectivity index (χ0v) is 8.58. The quantitative estimate of drug-likeness (QED) is 0.776. The van der Waals surface area contributed by atoms with Gasteiger partial charge in [0.15, 0.2) is 0 Å². The average Bonchev–Trinajstić information content (AvgIpc) is 2.54. The minimum absolute atomic E-state index is 0.289. The summed E-state index contributed by atoms with van der Waals surface area (Å²) in [6.45, 7) is 6.01. The first-order chi connectivity index (χ1) is 6.06. The van der Waals surface area contributed by atoms with E-state index in [4.69, 9.17) is 4.42 Å². The van der Waals surface area contributed by atoms with Crippen molar-refractivity contribution in [2.75, 3.05) is 0 Å². The first-order valence-electron chi connectivity index (χ1n) is 4.81. The van der Waals surface area contributed by atoms with E-state index in [0.717, 1.165) is 12.2 Å². The normalized spacial score (nSPS) is 18.2. The van der Waals surface area contributed by atoms with E-state index in [0.29, 0.717) is 6.42 Å². The minimum atomic E-state index is -0.660. The van der Waals surface area contributed by atoms with Crippen LogP contribution in [0.15, 0.2) is 22.8 Å². The van der Waals surface area contributed by atoms with Gasteiger partial charge in [-0.25, -0.2) is 0 Å². The molecule has 0 bridgehead atoms. The lowest BCUT2D eigenvalue weighted by Crippen LogP contribution is -2.34. The maximum atomic E-state index is 10.1. The van der Waals surface area contributed by atoms with Crippen LogP contribution in [0.25, 0.3) is 0 Å². The molecule has 0 spiro atoms. The number of rotatable bonds is 4. The Bertz CT molecular complexity index is 237. The highest BCUT2D eigenvalue weighted by Gasteiger charge is 2.28. The van der Waals surface area contributed by atoms with Gasteiger partial charge >= 0.3 is 0 Å². The van der Waals surface area contributed by atoms with E-state index in [1.54, 1.807) is 6.26 Å². The molecule has 2 nitrogen and oxygen atoms in total. The second kappa shape index (κ2) is 3.97. The van der Waals surface area contributed by atoms with Crippen LogP contribution in [0.3, 0.4) is 0 Å². The van der Waals surface area contributed by atoms with E-state index < -0.39 is 5.60 Å². The molecule has 1 aromatic rings. The van der Waals surface area contributed by atoms with Crippen molar-refractivity contribution in [2.45, 2.75) is 39.2 Å². The SMILES string of the molecule is CCC(C)C(C)(O)Cc1ccco1. The van der Waals surface area contributed by atoms with Gasteiger partial charge in [-0.1, -0.05) is 20.3 Å². The summed E-state index contributed by atoms with van der Waals surface area (Å²) in [7, 11) is 0. The summed E-state index contributed by atoms with van der Waals surface area (Å²) < 4.78 is 5.20. The maximum Gasteiger partial charge on any atom is 0.106 e. The Labute approximate surface area is 79.6 Å². The van der Waals surface area contributed by atoms with Gasteiger partial charge in [0, 0.05) is 6.42 Å². The van der Waals surface area contributed by atoms with Gasteiger partial charge < -0.3 is 9.52 Å². The number of furan rings is 1. The molecule has 0 aliphatic heterocycles. The Hall–Kier alpha value is -0.760. The molecule has 0 radical (unpaired) electrons. The topological polar surface area (TPSA) is 33.4 Å². The zero-order valence-electron chi connectivity index (χ0n) is 8.58. The van der Waals surface area contributed by atoms with Crippen molar-refractivity contribution in [2.24, 2.45) is 5.92 Å². The van der Waals surface area contributed by atoms with Crippen molar-refractivity contribution in [3.05, 3.63) is 24.2 Å². The first-order valence-corrected chi connectivity index (χ1v) is 4.81. The van der Waals surface area contributed by atoms with E-state index in [9.17, 15) is 5.11 Å². The molecule has 1 N–H and O–H groups in total. The molecule has 0 saturated heterocycles. The molecule has 0 fully saturated rings. The highest BCUT2D eigenvalue weighted by Crippen LogP contribution is 2.24. The van der Waals surface area contributed by atoms with E-state index in [2.05, 4.69) is 13.8 Å². The van der Waals surface area contributed by atoms with Crippen LogP contribution in [0, 0.1) is 5.92 Å². The van der Waals surface area contributed by atoms with Crippen LogP contribution in [0.5, 0.6) is 0 Å². The van der Waals surface area contributed by atoms with Crippen molar-refractivity contribution < 1.29 is 9.52 Å². The van der Waals surface area contributed by atoms with Crippen LogP contribution < -0.4 is 0 Å². The molecule has 74 valence electrons. The fourth-order valence-corrected chi connectivity index (χ4v) is 1.38. The summed E-state index contributed by atoms with van der Waals surface area (Å²) >= 11 is 0. The van der Waals surface area contributed by atoms with Gasteiger partial charge in [0.05, 0.1) is 11.9 Å². The molecule has 0 saturated carbocycles. The van der Waals surface area contributed by atoms with Crippen molar-refractivity contribution >= 4 is 0 Å². The predicted octanol–water partition coefficient (Wildman–Crippen LogP) is 2.62. The van der Waals surface area contributed by atoms with Gasteiger partial charge in [-0.3, -0.25) is 0 Å². The largest absolute Gasteiger partial charge is 0.469 e. The molecule has 2 unspecified atom stereocenters. The molecule has 1 aromatic heterocycles. The van der Waals surface area contributed by atoms with E-state index >= 15 is 0 Å². The zero-order chi connectivity index (χ0) is 9.90. The molecule has 2 atom stereocenters. The smallest absolute Gasteiger partial charge is 0.106 e. The standard InChI is InChI=1S/C11H18O2/c1-4-9(2)11(3,12)8-10-6-5-7-13-10/h5-7,9,12H,4,8H2,1-3H3. The minimum Gasteiger partial charge on any atom is -0.469 e. The van der Waals surface area contributed by atoms with Crippen LogP contribution in [0.4, 0.5) is 0 Å². The Balaban J connectivity index is 2.61. The molecular formula is C11H18O2. The van der Waals surface area contributed by atoms with Crippen LogP contribution in [0.2, 0.25) is 0 Å². The van der Waals surface area contributed by atoms with Gasteiger partial charge in [-0.2, -0.15) is 0 Å².